The number of nitrogens with one attached hydrogen (secondary N) is 1. The standard InChI is InChI=1S/C19H18F2N2O2S/c1-11-7-12(2)9-13(8-11)22-16-10-17(24)23(18(16)25)14-3-5-15(6-4-14)26-19(20)21/h3-9,16,19,22H,10H2,1-2H3/t16-/m1/s1. The van der Waals surface area contributed by atoms with Gasteiger partial charge >= 0.3 is 0 Å². The summed E-state index contributed by atoms with van der Waals surface area (Å²) in [6.07, 6.45) is 0.0549. The van der Waals surface area contributed by atoms with Gasteiger partial charge in [-0.3, -0.25) is 9.59 Å². The largest absolute Gasteiger partial charge is 0.373 e. The highest BCUT2D eigenvalue weighted by Gasteiger charge is 2.39. The molecule has 7 heteroatoms. The lowest BCUT2D eigenvalue weighted by Gasteiger charge is -2.17. The van der Waals surface area contributed by atoms with Gasteiger partial charge in [-0.05, 0) is 61.4 Å². The molecule has 1 fully saturated rings. The van der Waals surface area contributed by atoms with Gasteiger partial charge in [-0.25, -0.2) is 4.90 Å². The van der Waals surface area contributed by atoms with E-state index in [0.29, 0.717) is 22.3 Å². The van der Waals surface area contributed by atoms with E-state index in [2.05, 4.69) is 5.32 Å². The fourth-order valence-corrected chi connectivity index (χ4v) is 3.55. The molecule has 1 aliphatic heterocycles. The highest BCUT2D eigenvalue weighted by Crippen LogP contribution is 2.30. The molecule has 0 bridgehead atoms. The fraction of sp³-hybridized carbons (Fsp3) is 0.263. The van der Waals surface area contributed by atoms with Crippen LogP contribution in [0.2, 0.25) is 0 Å². The average Bonchev–Trinajstić information content (AvgIpc) is 2.81. The molecule has 2 aromatic rings. The number of alkyl halides is 2. The van der Waals surface area contributed by atoms with Crippen LogP contribution in [0.15, 0.2) is 47.4 Å². The molecule has 3 rings (SSSR count). The monoisotopic (exact) mass is 376 g/mol. The van der Waals surface area contributed by atoms with Gasteiger partial charge in [0, 0.05) is 10.6 Å². The van der Waals surface area contributed by atoms with Crippen molar-refractivity contribution in [1.29, 1.82) is 0 Å². The Kier molecular flexibility index (Phi) is 5.27. The van der Waals surface area contributed by atoms with Crippen molar-refractivity contribution >= 4 is 35.0 Å². The average molecular weight is 376 g/mol. The number of benzene rings is 2. The third kappa shape index (κ3) is 4.04. The predicted octanol–water partition coefficient (Wildman–Crippen LogP) is 4.36. The maximum Gasteiger partial charge on any atom is 0.288 e. The summed E-state index contributed by atoms with van der Waals surface area (Å²) in [6, 6.07) is 11.2. The van der Waals surface area contributed by atoms with Crippen LogP contribution in [0, 0.1) is 13.8 Å². The first-order valence-corrected chi connectivity index (χ1v) is 8.98. The van der Waals surface area contributed by atoms with E-state index >= 15 is 0 Å². The lowest BCUT2D eigenvalue weighted by Crippen LogP contribution is -2.34. The second-order valence-electron chi connectivity index (χ2n) is 6.22. The van der Waals surface area contributed by atoms with Gasteiger partial charge in [0.1, 0.15) is 6.04 Å². The van der Waals surface area contributed by atoms with Crippen LogP contribution in [-0.4, -0.2) is 23.6 Å². The molecule has 1 N–H and O–H groups in total. The first-order chi connectivity index (χ1) is 12.3. The number of amides is 2. The molecule has 136 valence electrons. The van der Waals surface area contributed by atoms with Crippen LogP contribution in [0.25, 0.3) is 0 Å². The van der Waals surface area contributed by atoms with E-state index in [4.69, 9.17) is 0 Å². The number of hydrogen-bond donors (Lipinski definition) is 1. The van der Waals surface area contributed by atoms with E-state index in [-0.39, 0.29) is 18.2 Å². The number of nitrogens with zero attached hydrogens (tertiary/aromatic N) is 1. The second-order valence-corrected chi connectivity index (χ2v) is 7.28. The Morgan fingerprint density at radius 3 is 2.27 bits per heavy atom. The van der Waals surface area contributed by atoms with Crippen molar-refractivity contribution < 1.29 is 18.4 Å². The van der Waals surface area contributed by atoms with Gasteiger partial charge < -0.3 is 5.32 Å². The van der Waals surface area contributed by atoms with Crippen LogP contribution in [0.5, 0.6) is 0 Å². The SMILES string of the molecule is Cc1cc(C)cc(N[C@@H]2CC(=O)N(c3ccc(SC(F)F)cc3)C2=O)c1. The minimum atomic E-state index is -2.51. The molecule has 0 aromatic heterocycles. The van der Waals surface area contributed by atoms with Crippen molar-refractivity contribution in [2.75, 3.05) is 10.2 Å². The fourth-order valence-electron chi connectivity index (χ4n) is 3.05. The molecule has 2 amide bonds. The third-order valence-electron chi connectivity index (χ3n) is 4.03. The Morgan fingerprint density at radius 1 is 1.08 bits per heavy atom. The number of imide groups is 1. The number of halogens is 2. The Bertz CT molecular complexity index is 820. The number of carbonyl (C=O) groups is 2. The smallest absolute Gasteiger partial charge is 0.288 e. The molecule has 0 saturated carbocycles. The predicted molar refractivity (Wildman–Crippen MR) is 98.7 cm³/mol. The van der Waals surface area contributed by atoms with Crippen molar-refractivity contribution in [2.24, 2.45) is 0 Å². The van der Waals surface area contributed by atoms with Gasteiger partial charge in [0.05, 0.1) is 12.1 Å². The number of carbonyl (C=O) groups excluding carboxylic acids is 2. The van der Waals surface area contributed by atoms with Crippen molar-refractivity contribution in [3.63, 3.8) is 0 Å². The molecule has 4 nitrogen and oxygen atoms in total. The minimum absolute atomic E-state index is 0.0549. The normalized spacial score (nSPS) is 17.3. The summed E-state index contributed by atoms with van der Waals surface area (Å²) < 4.78 is 24.8. The molecule has 1 heterocycles. The van der Waals surface area contributed by atoms with Gasteiger partial charge in [-0.2, -0.15) is 8.78 Å². The summed E-state index contributed by atoms with van der Waals surface area (Å²) in [4.78, 5) is 26.5. The molecular weight excluding hydrogens is 358 g/mol. The van der Waals surface area contributed by atoms with Crippen LogP contribution in [0.1, 0.15) is 17.5 Å². The van der Waals surface area contributed by atoms with Crippen LogP contribution in [0.3, 0.4) is 0 Å². The molecular formula is C19H18F2N2O2S. The molecule has 0 aliphatic carbocycles. The van der Waals surface area contributed by atoms with E-state index in [1.165, 1.54) is 24.3 Å². The summed E-state index contributed by atoms with van der Waals surface area (Å²) in [5.74, 6) is -3.17. The highest BCUT2D eigenvalue weighted by atomic mass is 32.2. The number of anilines is 2. The van der Waals surface area contributed by atoms with E-state index in [1.807, 2.05) is 32.0 Å². The van der Waals surface area contributed by atoms with E-state index in [0.717, 1.165) is 21.7 Å². The Labute approximate surface area is 154 Å². The Balaban J connectivity index is 1.76. The molecule has 1 saturated heterocycles. The lowest BCUT2D eigenvalue weighted by atomic mass is 10.1. The quantitative estimate of drug-likeness (QED) is 0.622. The summed E-state index contributed by atoms with van der Waals surface area (Å²) in [7, 11) is 0. The van der Waals surface area contributed by atoms with E-state index in [1.54, 1.807) is 0 Å². The lowest BCUT2D eigenvalue weighted by molar-refractivity contribution is -0.121. The van der Waals surface area contributed by atoms with Gasteiger partial charge in [0.15, 0.2) is 0 Å². The highest BCUT2D eigenvalue weighted by molar-refractivity contribution is 7.99. The van der Waals surface area contributed by atoms with E-state index in [9.17, 15) is 18.4 Å². The van der Waals surface area contributed by atoms with Gasteiger partial charge in [0.2, 0.25) is 5.91 Å². The first-order valence-electron chi connectivity index (χ1n) is 8.10. The summed E-state index contributed by atoms with van der Waals surface area (Å²) in [6.45, 7) is 3.93. The number of rotatable bonds is 5. The molecule has 0 unspecified atom stereocenters. The van der Waals surface area contributed by atoms with Crippen molar-refractivity contribution in [3.8, 4) is 0 Å². The second kappa shape index (κ2) is 7.45. The topological polar surface area (TPSA) is 49.4 Å². The van der Waals surface area contributed by atoms with Crippen LogP contribution in [0.4, 0.5) is 20.2 Å². The van der Waals surface area contributed by atoms with Crippen LogP contribution < -0.4 is 10.2 Å². The summed E-state index contributed by atoms with van der Waals surface area (Å²) >= 11 is 0.422. The van der Waals surface area contributed by atoms with Gasteiger partial charge in [0.25, 0.3) is 11.7 Å². The zero-order chi connectivity index (χ0) is 18.8. The first kappa shape index (κ1) is 18.4. The maximum absolute atomic E-state index is 12.7. The molecule has 0 spiro atoms. The van der Waals surface area contributed by atoms with Crippen molar-refractivity contribution in [1.82, 2.24) is 0 Å². The van der Waals surface area contributed by atoms with Crippen LogP contribution >= 0.6 is 11.8 Å². The third-order valence-corrected chi connectivity index (χ3v) is 4.75. The number of hydrogen-bond acceptors (Lipinski definition) is 4. The number of thioether (sulfide) groups is 1. The maximum atomic E-state index is 12.7. The Morgan fingerprint density at radius 2 is 1.69 bits per heavy atom. The zero-order valence-corrected chi connectivity index (χ0v) is 15.1. The zero-order valence-electron chi connectivity index (χ0n) is 14.3. The molecule has 1 atom stereocenters. The number of aryl methyl sites for hydroxylation is 2. The Hall–Kier alpha value is -2.41. The van der Waals surface area contributed by atoms with Gasteiger partial charge in [-0.15, -0.1) is 0 Å². The van der Waals surface area contributed by atoms with Crippen molar-refractivity contribution in [2.45, 2.75) is 37.0 Å². The molecule has 0 radical (unpaired) electrons. The molecule has 1 aliphatic rings. The van der Waals surface area contributed by atoms with Crippen molar-refractivity contribution in [3.05, 3.63) is 53.6 Å². The van der Waals surface area contributed by atoms with Gasteiger partial charge in [-0.1, -0.05) is 17.8 Å². The summed E-state index contributed by atoms with van der Waals surface area (Å²) in [5.41, 5.74) is 3.31. The molecule has 2 aromatic carbocycles. The summed E-state index contributed by atoms with van der Waals surface area (Å²) in [5, 5.41) is 3.12. The molecule has 26 heavy (non-hydrogen) atoms. The van der Waals surface area contributed by atoms with E-state index < -0.39 is 11.8 Å². The van der Waals surface area contributed by atoms with Crippen LogP contribution in [-0.2, 0) is 9.59 Å². The minimum Gasteiger partial charge on any atom is -0.373 e.